The fraction of sp³-hybridized carbons (Fsp3) is 0.889. The third-order valence-corrected chi connectivity index (χ3v) is 2.10. The van der Waals surface area contributed by atoms with Crippen LogP contribution in [0, 0.1) is 0 Å². The van der Waals surface area contributed by atoms with E-state index in [9.17, 15) is 4.79 Å². The predicted octanol–water partition coefficient (Wildman–Crippen LogP) is 0.744. The standard InChI is InChI=1S/C9H16O4/c1-7(9(10)11-2)13-8-3-5-12-6-4-8/h7-8H,3-6H2,1-2H3/t7-/m1/s1. The molecule has 1 aliphatic rings. The Morgan fingerprint density at radius 3 is 2.62 bits per heavy atom. The molecule has 0 spiro atoms. The van der Waals surface area contributed by atoms with E-state index in [1.54, 1.807) is 6.92 Å². The lowest BCUT2D eigenvalue weighted by Crippen LogP contribution is -2.31. The van der Waals surface area contributed by atoms with Gasteiger partial charge in [0.1, 0.15) is 0 Å². The lowest BCUT2D eigenvalue weighted by atomic mass is 10.1. The SMILES string of the molecule is COC(=O)[C@@H](C)OC1CCOCC1. The van der Waals surface area contributed by atoms with Crippen molar-refractivity contribution in [1.29, 1.82) is 0 Å². The van der Waals surface area contributed by atoms with E-state index in [0.29, 0.717) is 0 Å². The number of ether oxygens (including phenoxy) is 3. The van der Waals surface area contributed by atoms with Crippen molar-refractivity contribution in [2.45, 2.75) is 32.0 Å². The molecule has 1 saturated heterocycles. The van der Waals surface area contributed by atoms with Gasteiger partial charge in [0.2, 0.25) is 0 Å². The van der Waals surface area contributed by atoms with Crippen LogP contribution < -0.4 is 0 Å². The van der Waals surface area contributed by atoms with E-state index < -0.39 is 6.10 Å². The molecule has 76 valence electrons. The maximum Gasteiger partial charge on any atom is 0.334 e. The van der Waals surface area contributed by atoms with E-state index in [4.69, 9.17) is 9.47 Å². The number of methoxy groups -OCH3 is 1. The van der Waals surface area contributed by atoms with E-state index >= 15 is 0 Å². The Kier molecular flexibility index (Phi) is 4.18. The average molecular weight is 188 g/mol. The molecule has 0 aliphatic carbocycles. The van der Waals surface area contributed by atoms with Gasteiger partial charge in [0.15, 0.2) is 6.10 Å². The predicted molar refractivity (Wildman–Crippen MR) is 46.4 cm³/mol. The van der Waals surface area contributed by atoms with Crippen molar-refractivity contribution in [3.8, 4) is 0 Å². The van der Waals surface area contributed by atoms with Gasteiger partial charge in [-0.2, -0.15) is 0 Å². The highest BCUT2D eigenvalue weighted by Gasteiger charge is 2.21. The Labute approximate surface area is 78.2 Å². The summed E-state index contributed by atoms with van der Waals surface area (Å²) >= 11 is 0. The van der Waals surface area contributed by atoms with Crippen LogP contribution in [0.15, 0.2) is 0 Å². The largest absolute Gasteiger partial charge is 0.467 e. The highest BCUT2D eigenvalue weighted by molar-refractivity contribution is 5.73. The first-order valence-electron chi connectivity index (χ1n) is 4.55. The minimum atomic E-state index is -0.465. The summed E-state index contributed by atoms with van der Waals surface area (Å²) in [4.78, 5) is 11.0. The summed E-state index contributed by atoms with van der Waals surface area (Å²) in [6.45, 7) is 3.15. The number of hydrogen-bond donors (Lipinski definition) is 0. The van der Waals surface area contributed by atoms with Gasteiger partial charge >= 0.3 is 5.97 Å². The second-order valence-corrected chi connectivity index (χ2v) is 3.11. The highest BCUT2D eigenvalue weighted by Crippen LogP contribution is 2.13. The minimum Gasteiger partial charge on any atom is -0.467 e. The van der Waals surface area contributed by atoms with E-state index in [-0.39, 0.29) is 12.1 Å². The molecule has 0 N–H and O–H groups in total. The molecule has 13 heavy (non-hydrogen) atoms. The first-order valence-corrected chi connectivity index (χ1v) is 4.55. The molecule has 1 heterocycles. The fourth-order valence-electron chi connectivity index (χ4n) is 1.32. The van der Waals surface area contributed by atoms with Crippen molar-refractivity contribution in [2.24, 2.45) is 0 Å². The second-order valence-electron chi connectivity index (χ2n) is 3.11. The van der Waals surface area contributed by atoms with Gasteiger partial charge in [0, 0.05) is 13.2 Å². The molecule has 0 aromatic heterocycles. The summed E-state index contributed by atoms with van der Waals surface area (Å²) in [6, 6.07) is 0. The molecule has 1 rings (SSSR count). The fourth-order valence-corrected chi connectivity index (χ4v) is 1.32. The molecule has 1 atom stereocenters. The van der Waals surface area contributed by atoms with Crippen molar-refractivity contribution in [1.82, 2.24) is 0 Å². The monoisotopic (exact) mass is 188 g/mol. The van der Waals surface area contributed by atoms with Crippen LogP contribution in [-0.2, 0) is 19.0 Å². The van der Waals surface area contributed by atoms with E-state index in [1.807, 2.05) is 0 Å². The summed E-state index contributed by atoms with van der Waals surface area (Å²) < 4.78 is 15.2. The molecule has 1 fully saturated rings. The second kappa shape index (κ2) is 5.19. The van der Waals surface area contributed by atoms with Crippen LogP contribution in [0.1, 0.15) is 19.8 Å². The molecule has 1 aliphatic heterocycles. The van der Waals surface area contributed by atoms with Crippen LogP contribution >= 0.6 is 0 Å². The van der Waals surface area contributed by atoms with Gasteiger partial charge in [0.25, 0.3) is 0 Å². The van der Waals surface area contributed by atoms with Crippen LogP contribution in [-0.4, -0.2) is 38.5 Å². The molecule has 0 radical (unpaired) electrons. The van der Waals surface area contributed by atoms with Gasteiger partial charge in [-0.3, -0.25) is 0 Å². The zero-order chi connectivity index (χ0) is 9.68. The van der Waals surface area contributed by atoms with Crippen LogP contribution in [0.25, 0.3) is 0 Å². The van der Waals surface area contributed by atoms with E-state index in [0.717, 1.165) is 26.1 Å². The van der Waals surface area contributed by atoms with Crippen LogP contribution in [0.3, 0.4) is 0 Å². The van der Waals surface area contributed by atoms with Crippen molar-refractivity contribution in [3.63, 3.8) is 0 Å². The molecule has 0 bridgehead atoms. The number of rotatable bonds is 3. The first-order chi connectivity index (χ1) is 6.24. The molecular formula is C9H16O4. The normalized spacial score (nSPS) is 21.1. The summed E-state index contributed by atoms with van der Waals surface area (Å²) in [5.41, 5.74) is 0. The molecular weight excluding hydrogens is 172 g/mol. The van der Waals surface area contributed by atoms with Crippen molar-refractivity contribution in [2.75, 3.05) is 20.3 Å². The Bertz CT molecular complexity index is 163. The molecule has 0 unspecified atom stereocenters. The van der Waals surface area contributed by atoms with Crippen LogP contribution in [0.4, 0.5) is 0 Å². The average Bonchev–Trinajstić information content (AvgIpc) is 2.18. The highest BCUT2D eigenvalue weighted by atomic mass is 16.6. The van der Waals surface area contributed by atoms with Crippen molar-refractivity contribution < 1.29 is 19.0 Å². The lowest BCUT2D eigenvalue weighted by Gasteiger charge is -2.24. The number of carbonyl (C=O) groups excluding carboxylic acids is 1. The van der Waals surface area contributed by atoms with Gasteiger partial charge in [-0.05, 0) is 19.8 Å². The summed E-state index contributed by atoms with van der Waals surface area (Å²) in [5, 5.41) is 0. The van der Waals surface area contributed by atoms with Crippen LogP contribution in [0.5, 0.6) is 0 Å². The van der Waals surface area contributed by atoms with Crippen LogP contribution in [0.2, 0.25) is 0 Å². The van der Waals surface area contributed by atoms with Gasteiger partial charge in [-0.15, -0.1) is 0 Å². The maximum atomic E-state index is 11.0. The van der Waals surface area contributed by atoms with Gasteiger partial charge in [-0.1, -0.05) is 0 Å². The molecule has 0 amide bonds. The van der Waals surface area contributed by atoms with Gasteiger partial charge < -0.3 is 14.2 Å². The maximum absolute atomic E-state index is 11.0. The van der Waals surface area contributed by atoms with Crippen molar-refractivity contribution >= 4 is 5.97 Å². The third kappa shape index (κ3) is 3.32. The lowest BCUT2D eigenvalue weighted by molar-refractivity contribution is -0.159. The number of carbonyl (C=O) groups is 1. The van der Waals surface area contributed by atoms with Gasteiger partial charge in [0.05, 0.1) is 13.2 Å². The summed E-state index contributed by atoms with van der Waals surface area (Å²) in [6.07, 6.45) is 1.40. The summed E-state index contributed by atoms with van der Waals surface area (Å²) in [7, 11) is 1.37. The third-order valence-electron chi connectivity index (χ3n) is 2.10. The quantitative estimate of drug-likeness (QED) is 0.613. The zero-order valence-electron chi connectivity index (χ0n) is 8.12. The smallest absolute Gasteiger partial charge is 0.334 e. The first kappa shape index (κ1) is 10.5. The molecule has 4 heteroatoms. The Balaban J connectivity index is 2.25. The Morgan fingerprint density at radius 2 is 2.08 bits per heavy atom. The molecule has 0 aromatic carbocycles. The van der Waals surface area contributed by atoms with E-state index in [1.165, 1.54) is 7.11 Å². The molecule has 0 saturated carbocycles. The minimum absolute atomic E-state index is 0.142. The van der Waals surface area contributed by atoms with E-state index in [2.05, 4.69) is 4.74 Å². The number of esters is 1. The zero-order valence-corrected chi connectivity index (χ0v) is 8.12. The van der Waals surface area contributed by atoms with Crippen molar-refractivity contribution in [3.05, 3.63) is 0 Å². The summed E-state index contributed by atoms with van der Waals surface area (Å²) in [5.74, 6) is -0.313. The van der Waals surface area contributed by atoms with Gasteiger partial charge in [-0.25, -0.2) is 4.79 Å². The molecule has 4 nitrogen and oxygen atoms in total. The Hall–Kier alpha value is -0.610. The Morgan fingerprint density at radius 1 is 1.46 bits per heavy atom. The number of hydrogen-bond acceptors (Lipinski definition) is 4. The molecule has 0 aromatic rings. The topological polar surface area (TPSA) is 44.8 Å².